The van der Waals surface area contributed by atoms with E-state index in [1.165, 1.54) is 12.1 Å². The average molecular weight is 299 g/mol. The Morgan fingerprint density at radius 3 is 2.77 bits per heavy atom. The molecule has 0 atom stereocenters. The lowest BCUT2D eigenvalue weighted by atomic mass is 10.2. The lowest BCUT2D eigenvalue weighted by Crippen LogP contribution is -2.28. The van der Waals surface area contributed by atoms with E-state index in [1.807, 2.05) is 24.3 Å². The molecule has 3 aromatic rings. The number of H-pyrrole nitrogens is 1. The Morgan fingerprint density at radius 2 is 1.95 bits per heavy atom. The summed E-state index contributed by atoms with van der Waals surface area (Å²) in [7, 11) is 0. The Bertz CT molecular complexity index is 783. The predicted molar refractivity (Wildman–Crippen MR) is 80.3 cm³/mol. The highest BCUT2D eigenvalue weighted by Crippen LogP contribution is 2.14. The average Bonchev–Trinajstić information content (AvgIpc) is 2.97. The van der Waals surface area contributed by atoms with Crippen LogP contribution in [-0.2, 0) is 0 Å². The molecule has 1 aromatic heterocycles. The van der Waals surface area contributed by atoms with Gasteiger partial charge in [0.15, 0.2) is 5.69 Å². The van der Waals surface area contributed by atoms with Crippen LogP contribution in [0.4, 0.5) is 4.39 Å². The Labute approximate surface area is 126 Å². The molecule has 3 rings (SSSR count). The minimum atomic E-state index is -0.314. The van der Waals surface area contributed by atoms with Crippen molar-refractivity contribution < 1.29 is 13.9 Å². The molecule has 22 heavy (non-hydrogen) atoms. The minimum absolute atomic E-state index is 0.264. The standard InChI is InChI=1S/C16H14FN3O2/c17-11-5-7-12(8-6-11)22-10-9-18-16(21)15-13-3-1-2-4-14(13)19-20-15/h1-8H,9-10H2,(H,18,21)(H,19,20). The van der Waals surface area contributed by atoms with Crippen LogP contribution in [0.3, 0.4) is 0 Å². The van der Waals surface area contributed by atoms with Crippen molar-refractivity contribution >= 4 is 16.8 Å². The Kier molecular flexibility index (Phi) is 4.00. The molecule has 1 heterocycles. The summed E-state index contributed by atoms with van der Waals surface area (Å²) in [5, 5.41) is 10.4. The van der Waals surface area contributed by atoms with Crippen molar-refractivity contribution in [2.24, 2.45) is 0 Å². The zero-order valence-corrected chi connectivity index (χ0v) is 11.7. The molecule has 0 radical (unpaired) electrons. The van der Waals surface area contributed by atoms with Gasteiger partial charge in [-0.05, 0) is 30.3 Å². The topological polar surface area (TPSA) is 67.0 Å². The molecule has 2 aromatic carbocycles. The van der Waals surface area contributed by atoms with Gasteiger partial charge in [0.05, 0.1) is 12.1 Å². The number of hydrogen-bond acceptors (Lipinski definition) is 3. The summed E-state index contributed by atoms with van der Waals surface area (Å²) in [5.74, 6) is -0.0212. The maximum absolute atomic E-state index is 12.7. The number of para-hydroxylation sites is 1. The van der Waals surface area contributed by atoms with Gasteiger partial charge in [0.1, 0.15) is 18.2 Å². The molecule has 1 amide bonds. The number of aromatic amines is 1. The summed E-state index contributed by atoms with van der Waals surface area (Å²) in [6.45, 7) is 0.622. The number of rotatable bonds is 5. The lowest BCUT2D eigenvalue weighted by Gasteiger charge is -2.07. The Balaban J connectivity index is 1.53. The van der Waals surface area contributed by atoms with Crippen LogP contribution in [0.15, 0.2) is 48.5 Å². The van der Waals surface area contributed by atoms with E-state index in [-0.39, 0.29) is 11.7 Å². The number of nitrogens with one attached hydrogen (secondary N) is 2. The maximum atomic E-state index is 12.7. The smallest absolute Gasteiger partial charge is 0.272 e. The van der Waals surface area contributed by atoms with E-state index in [9.17, 15) is 9.18 Å². The van der Waals surface area contributed by atoms with E-state index in [4.69, 9.17) is 4.74 Å². The summed E-state index contributed by atoms with van der Waals surface area (Å²) in [5.41, 5.74) is 1.17. The second-order valence-electron chi connectivity index (χ2n) is 4.68. The van der Waals surface area contributed by atoms with Gasteiger partial charge in [-0.3, -0.25) is 9.89 Å². The number of hydrogen-bond donors (Lipinski definition) is 2. The van der Waals surface area contributed by atoms with Gasteiger partial charge in [-0.15, -0.1) is 0 Å². The van der Waals surface area contributed by atoms with Crippen molar-refractivity contribution in [3.05, 3.63) is 60.0 Å². The van der Waals surface area contributed by atoms with Crippen LogP contribution < -0.4 is 10.1 Å². The van der Waals surface area contributed by atoms with E-state index in [2.05, 4.69) is 15.5 Å². The molecule has 0 aliphatic carbocycles. The highest BCUT2D eigenvalue weighted by Gasteiger charge is 2.12. The van der Waals surface area contributed by atoms with Gasteiger partial charge in [-0.1, -0.05) is 18.2 Å². The zero-order chi connectivity index (χ0) is 15.4. The normalized spacial score (nSPS) is 10.6. The number of nitrogens with zero attached hydrogens (tertiary/aromatic N) is 1. The monoisotopic (exact) mass is 299 g/mol. The van der Waals surface area contributed by atoms with Crippen molar-refractivity contribution in [1.82, 2.24) is 15.5 Å². The van der Waals surface area contributed by atoms with E-state index in [1.54, 1.807) is 12.1 Å². The van der Waals surface area contributed by atoms with E-state index in [0.717, 1.165) is 10.9 Å². The number of carbonyl (C=O) groups is 1. The number of halogens is 1. The first-order valence-corrected chi connectivity index (χ1v) is 6.84. The molecule has 6 heteroatoms. The quantitative estimate of drug-likeness (QED) is 0.711. The van der Waals surface area contributed by atoms with Crippen molar-refractivity contribution in [3.8, 4) is 5.75 Å². The largest absolute Gasteiger partial charge is 0.492 e. The summed E-state index contributed by atoms with van der Waals surface area (Å²) in [4.78, 5) is 12.1. The van der Waals surface area contributed by atoms with Crippen LogP contribution in [0.5, 0.6) is 5.75 Å². The second kappa shape index (κ2) is 6.26. The molecule has 5 nitrogen and oxygen atoms in total. The molecule has 0 saturated heterocycles. The first kappa shape index (κ1) is 14.1. The molecule has 112 valence electrons. The van der Waals surface area contributed by atoms with Gasteiger partial charge >= 0.3 is 0 Å². The van der Waals surface area contributed by atoms with Crippen LogP contribution in [0.25, 0.3) is 10.9 Å². The van der Waals surface area contributed by atoms with E-state index >= 15 is 0 Å². The summed E-state index contributed by atoms with van der Waals surface area (Å²) in [6.07, 6.45) is 0. The lowest BCUT2D eigenvalue weighted by molar-refractivity contribution is 0.0943. The van der Waals surface area contributed by atoms with Gasteiger partial charge < -0.3 is 10.1 Å². The molecule has 0 aliphatic heterocycles. The molecule has 0 bridgehead atoms. The molecular formula is C16H14FN3O2. The van der Waals surface area contributed by atoms with Crippen LogP contribution >= 0.6 is 0 Å². The van der Waals surface area contributed by atoms with Crippen molar-refractivity contribution in [2.45, 2.75) is 0 Å². The van der Waals surface area contributed by atoms with Gasteiger partial charge in [-0.2, -0.15) is 5.10 Å². The van der Waals surface area contributed by atoms with Gasteiger partial charge in [0.2, 0.25) is 0 Å². The molecule has 0 spiro atoms. The molecule has 2 N–H and O–H groups in total. The first-order valence-electron chi connectivity index (χ1n) is 6.84. The highest BCUT2D eigenvalue weighted by molar-refractivity contribution is 6.04. The van der Waals surface area contributed by atoms with E-state index in [0.29, 0.717) is 24.6 Å². The van der Waals surface area contributed by atoms with Crippen molar-refractivity contribution in [3.63, 3.8) is 0 Å². The third-order valence-corrected chi connectivity index (χ3v) is 3.16. The fraction of sp³-hybridized carbons (Fsp3) is 0.125. The number of benzene rings is 2. The molecule has 0 saturated carbocycles. The van der Waals surface area contributed by atoms with Gasteiger partial charge in [-0.25, -0.2) is 4.39 Å². The summed E-state index contributed by atoms with van der Waals surface area (Å²) in [6, 6.07) is 13.1. The van der Waals surface area contributed by atoms with E-state index < -0.39 is 0 Å². The highest BCUT2D eigenvalue weighted by atomic mass is 19.1. The summed E-state index contributed by atoms with van der Waals surface area (Å²) < 4.78 is 18.1. The Morgan fingerprint density at radius 1 is 1.18 bits per heavy atom. The van der Waals surface area contributed by atoms with Crippen molar-refractivity contribution in [1.29, 1.82) is 0 Å². The van der Waals surface area contributed by atoms with Crippen molar-refractivity contribution in [2.75, 3.05) is 13.2 Å². The third kappa shape index (κ3) is 3.06. The van der Waals surface area contributed by atoms with Gasteiger partial charge in [0.25, 0.3) is 5.91 Å². The van der Waals surface area contributed by atoms with Crippen LogP contribution in [-0.4, -0.2) is 29.3 Å². The number of ether oxygens (including phenoxy) is 1. The summed E-state index contributed by atoms with van der Waals surface area (Å²) >= 11 is 0. The van der Waals surface area contributed by atoms with Crippen LogP contribution in [0, 0.1) is 5.82 Å². The molecular weight excluding hydrogens is 285 g/mol. The van der Waals surface area contributed by atoms with Crippen LogP contribution in [0.2, 0.25) is 0 Å². The number of carbonyl (C=O) groups excluding carboxylic acids is 1. The maximum Gasteiger partial charge on any atom is 0.272 e. The van der Waals surface area contributed by atoms with Crippen LogP contribution in [0.1, 0.15) is 10.5 Å². The predicted octanol–water partition coefficient (Wildman–Crippen LogP) is 2.51. The fourth-order valence-corrected chi connectivity index (χ4v) is 2.08. The number of amides is 1. The Hall–Kier alpha value is -2.89. The minimum Gasteiger partial charge on any atom is -0.492 e. The fourth-order valence-electron chi connectivity index (χ4n) is 2.08. The zero-order valence-electron chi connectivity index (χ0n) is 11.7. The molecule has 0 unspecified atom stereocenters. The third-order valence-electron chi connectivity index (χ3n) is 3.16. The SMILES string of the molecule is O=C(NCCOc1ccc(F)cc1)c1n[nH]c2ccccc12. The number of aromatic nitrogens is 2. The van der Waals surface area contributed by atoms with Gasteiger partial charge in [0, 0.05) is 5.39 Å². The first-order chi connectivity index (χ1) is 10.7. The second-order valence-corrected chi connectivity index (χ2v) is 4.68. The number of fused-ring (bicyclic) bond motifs is 1. The molecule has 0 aliphatic rings. The molecule has 0 fully saturated rings.